The van der Waals surface area contributed by atoms with Gasteiger partial charge in [0.1, 0.15) is 25.8 Å². The van der Waals surface area contributed by atoms with E-state index in [0.29, 0.717) is 46.9 Å². The molecule has 224 valence electrons. The molecule has 0 saturated carbocycles. The number of fused-ring (bicyclic) bond motifs is 1. The highest BCUT2D eigenvalue weighted by atomic mass is 35.5. The van der Waals surface area contributed by atoms with Gasteiger partial charge in [-0.2, -0.15) is 0 Å². The first-order valence-electron chi connectivity index (χ1n) is 13.6. The zero-order valence-electron chi connectivity index (χ0n) is 23.4. The highest BCUT2D eigenvalue weighted by Crippen LogP contribution is 2.35. The van der Waals surface area contributed by atoms with E-state index in [-0.39, 0.29) is 30.3 Å². The van der Waals surface area contributed by atoms with Crippen LogP contribution < -0.4 is 19.1 Å². The fourth-order valence-corrected chi connectivity index (χ4v) is 6.11. The first kappa shape index (κ1) is 31.5. The van der Waals surface area contributed by atoms with Gasteiger partial charge < -0.3 is 19.7 Å². The Labute approximate surface area is 256 Å². The van der Waals surface area contributed by atoms with Crippen LogP contribution in [0.25, 0.3) is 0 Å². The van der Waals surface area contributed by atoms with Gasteiger partial charge in [0, 0.05) is 35.6 Å². The number of hydrogen-bond acceptors (Lipinski definition) is 6. The van der Waals surface area contributed by atoms with E-state index in [4.69, 9.17) is 32.7 Å². The molecule has 0 radical (unpaired) electrons. The number of carbonyl (C=O) groups excluding carboxylic acids is 2. The molecule has 0 bridgehead atoms. The van der Waals surface area contributed by atoms with Crippen LogP contribution in [0.1, 0.15) is 25.0 Å². The van der Waals surface area contributed by atoms with Crippen molar-refractivity contribution in [2.75, 3.05) is 36.4 Å². The van der Waals surface area contributed by atoms with Crippen molar-refractivity contribution < 1.29 is 27.5 Å². The van der Waals surface area contributed by atoms with Crippen LogP contribution >= 0.6 is 23.2 Å². The first-order chi connectivity index (χ1) is 20.1. The molecule has 1 unspecified atom stereocenters. The summed E-state index contributed by atoms with van der Waals surface area (Å²) in [5, 5.41) is 3.56. The number of ether oxygens (including phenoxy) is 2. The molecular formula is C30H33Cl2N3O6S. The van der Waals surface area contributed by atoms with Gasteiger partial charge in [-0.05, 0) is 49.2 Å². The second-order valence-corrected chi connectivity index (χ2v) is 12.6. The van der Waals surface area contributed by atoms with Crippen molar-refractivity contribution in [1.29, 1.82) is 0 Å². The molecule has 0 spiro atoms. The summed E-state index contributed by atoms with van der Waals surface area (Å²) >= 11 is 12.6. The van der Waals surface area contributed by atoms with Gasteiger partial charge in [0.2, 0.25) is 21.8 Å². The Hall–Kier alpha value is -3.47. The molecule has 0 fully saturated rings. The van der Waals surface area contributed by atoms with E-state index in [2.05, 4.69) is 5.32 Å². The minimum Gasteiger partial charge on any atom is -0.486 e. The normalized spacial score (nSPS) is 13.2. The molecule has 4 rings (SSSR count). The molecule has 1 atom stereocenters. The number of nitrogens with one attached hydrogen (secondary N) is 1. The Bertz CT molecular complexity index is 1520. The van der Waals surface area contributed by atoms with Gasteiger partial charge in [-0.3, -0.25) is 13.9 Å². The fraction of sp³-hybridized carbons (Fsp3) is 0.333. The number of sulfonamides is 1. The maximum Gasteiger partial charge on any atom is 0.244 e. The molecule has 3 aromatic rings. The summed E-state index contributed by atoms with van der Waals surface area (Å²) in [7, 11) is -3.92. The number of benzene rings is 3. The lowest BCUT2D eigenvalue weighted by Gasteiger charge is -2.34. The van der Waals surface area contributed by atoms with Crippen LogP contribution in [0.3, 0.4) is 0 Å². The largest absolute Gasteiger partial charge is 0.486 e. The summed E-state index contributed by atoms with van der Waals surface area (Å²) in [4.78, 5) is 29.1. The summed E-state index contributed by atoms with van der Waals surface area (Å²) in [5.74, 6) is -0.328. The van der Waals surface area contributed by atoms with Crippen molar-refractivity contribution >= 4 is 50.7 Å². The van der Waals surface area contributed by atoms with Crippen molar-refractivity contribution in [2.24, 2.45) is 0 Å². The van der Waals surface area contributed by atoms with Crippen LogP contribution in [0.5, 0.6) is 11.5 Å². The third-order valence-electron chi connectivity index (χ3n) is 6.77. The molecule has 1 aliphatic heterocycles. The lowest BCUT2D eigenvalue weighted by atomic mass is 10.0. The second kappa shape index (κ2) is 14.1. The fourth-order valence-electron chi connectivity index (χ4n) is 4.59. The van der Waals surface area contributed by atoms with E-state index in [1.54, 1.807) is 43.3 Å². The molecule has 0 aliphatic carbocycles. The molecule has 12 heteroatoms. The predicted molar refractivity (Wildman–Crippen MR) is 164 cm³/mol. The number of carbonyl (C=O) groups is 2. The lowest BCUT2D eigenvalue weighted by Crippen LogP contribution is -2.53. The van der Waals surface area contributed by atoms with Crippen molar-refractivity contribution in [3.63, 3.8) is 0 Å². The predicted octanol–water partition coefficient (Wildman–Crippen LogP) is 4.70. The van der Waals surface area contributed by atoms with E-state index in [9.17, 15) is 18.0 Å². The van der Waals surface area contributed by atoms with E-state index in [1.165, 1.54) is 11.8 Å². The summed E-state index contributed by atoms with van der Waals surface area (Å²) in [6, 6.07) is 18.0. The smallest absolute Gasteiger partial charge is 0.244 e. The van der Waals surface area contributed by atoms with Gasteiger partial charge in [0.25, 0.3) is 0 Å². The minimum atomic E-state index is -3.92. The number of anilines is 1. The second-order valence-electron chi connectivity index (χ2n) is 9.59. The van der Waals surface area contributed by atoms with Crippen LogP contribution in [0.15, 0.2) is 66.7 Å². The average molecular weight is 635 g/mol. The standard InChI is InChI=1S/C30H33Cl2N3O6S/c1-3-33-30(37)26(16-21-8-6-5-7-9-21)34(19-22-10-11-23(31)17-25(22)32)29(36)20-35(42(38,39)4-2)24-12-13-27-28(18-24)41-15-14-40-27/h5-13,17-18,26H,3-4,14-16,19-20H2,1-2H3,(H,33,37). The molecule has 1 heterocycles. The Morgan fingerprint density at radius 1 is 0.952 bits per heavy atom. The third kappa shape index (κ3) is 7.67. The van der Waals surface area contributed by atoms with Gasteiger partial charge in [-0.25, -0.2) is 8.42 Å². The van der Waals surface area contributed by atoms with Crippen molar-refractivity contribution in [3.8, 4) is 11.5 Å². The summed E-state index contributed by atoms with van der Waals surface area (Å²) < 4.78 is 39.0. The Morgan fingerprint density at radius 3 is 2.33 bits per heavy atom. The van der Waals surface area contributed by atoms with Crippen molar-refractivity contribution in [3.05, 3.63) is 87.9 Å². The molecule has 9 nitrogen and oxygen atoms in total. The molecule has 1 N–H and O–H groups in total. The highest BCUT2D eigenvalue weighted by Gasteiger charge is 2.34. The molecule has 1 aliphatic rings. The number of hydrogen-bond donors (Lipinski definition) is 1. The molecule has 3 aromatic carbocycles. The Kier molecular flexibility index (Phi) is 10.6. The summed E-state index contributed by atoms with van der Waals surface area (Å²) in [6.07, 6.45) is 0.203. The molecule has 0 saturated heterocycles. The van der Waals surface area contributed by atoms with Crippen LogP contribution in [-0.2, 0) is 32.6 Å². The zero-order chi connectivity index (χ0) is 30.3. The Balaban J connectivity index is 1.76. The maximum atomic E-state index is 14.2. The monoisotopic (exact) mass is 633 g/mol. The SMILES string of the molecule is CCNC(=O)C(Cc1ccccc1)N(Cc1ccc(Cl)cc1Cl)C(=O)CN(c1ccc2c(c1)OCCO2)S(=O)(=O)CC. The van der Waals surface area contributed by atoms with Gasteiger partial charge in [0.15, 0.2) is 11.5 Å². The first-order valence-corrected chi connectivity index (χ1v) is 15.9. The minimum absolute atomic E-state index is 0.0510. The van der Waals surface area contributed by atoms with Crippen LogP contribution in [0, 0.1) is 0 Å². The van der Waals surface area contributed by atoms with Gasteiger partial charge in [0.05, 0.1) is 11.4 Å². The zero-order valence-corrected chi connectivity index (χ0v) is 25.7. The van der Waals surface area contributed by atoms with Crippen LogP contribution in [0.2, 0.25) is 10.0 Å². The van der Waals surface area contributed by atoms with E-state index < -0.39 is 28.5 Å². The van der Waals surface area contributed by atoms with Crippen LogP contribution in [0.4, 0.5) is 5.69 Å². The molecule has 2 amide bonds. The number of rotatable bonds is 12. The third-order valence-corrected chi connectivity index (χ3v) is 9.10. The van der Waals surface area contributed by atoms with E-state index in [0.717, 1.165) is 9.87 Å². The maximum absolute atomic E-state index is 14.2. The number of nitrogens with zero attached hydrogens (tertiary/aromatic N) is 2. The van der Waals surface area contributed by atoms with Crippen molar-refractivity contribution in [2.45, 2.75) is 32.9 Å². The average Bonchev–Trinajstić information content (AvgIpc) is 2.98. The number of halogens is 2. The summed E-state index contributed by atoms with van der Waals surface area (Å²) in [5.41, 5.74) is 1.64. The highest BCUT2D eigenvalue weighted by molar-refractivity contribution is 7.92. The van der Waals surface area contributed by atoms with Gasteiger partial charge in [-0.1, -0.05) is 59.6 Å². The molecule has 0 aromatic heterocycles. The quantitative estimate of drug-likeness (QED) is 0.310. The molecule has 42 heavy (non-hydrogen) atoms. The summed E-state index contributed by atoms with van der Waals surface area (Å²) in [6.45, 7) is 3.74. The topological polar surface area (TPSA) is 105 Å². The van der Waals surface area contributed by atoms with Gasteiger partial charge in [-0.15, -0.1) is 0 Å². The van der Waals surface area contributed by atoms with Gasteiger partial charge >= 0.3 is 0 Å². The van der Waals surface area contributed by atoms with E-state index in [1.807, 2.05) is 30.3 Å². The van der Waals surface area contributed by atoms with Crippen molar-refractivity contribution in [1.82, 2.24) is 10.2 Å². The number of amides is 2. The Morgan fingerprint density at radius 2 is 1.67 bits per heavy atom. The lowest BCUT2D eigenvalue weighted by molar-refractivity contribution is -0.140. The van der Waals surface area contributed by atoms with Crippen LogP contribution in [-0.4, -0.2) is 63.2 Å². The molecular weight excluding hydrogens is 601 g/mol. The van der Waals surface area contributed by atoms with E-state index >= 15 is 0 Å². The number of likely N-dealkylation sites (N-methyl/N-ethyl adjacent to an activating group) is 1.